The molecule has 0 bridgehead atoms. The van der Waals surface area contributed by atoms with Crippen LogP contribution in [0.3, 0.4) is 0 Å². The van der Waals surface area contributed by atoms with Gasteiger partial charge in [-0.3, -0.25) is 0 Å². The molecule has 1 unspecified atom stereocenters. The zero-order valence-corrected chi connectivity index (χ0v) is 17.2. The average molecular weight is 425 g/mol. The molecule has 2 aliphatic rings. The highest BCUT2D eigenvalue weighted by atomic mass is 35.5. The molecule has 0 saturated carbocycles. The van der Waals surface area contributed by atoms with Crippen LogP contribution in [-0.4, -0.2) is 29.7 Å². The molecule has 1 aromatic carbocycles. The van der Waals surface area contributed by atoms with Gasteiger partial charge in [0.05, 0.1) is 18.1 Å². The SMILES string of the molecule is Cl.Cl.c1ccc2c(c1)CCOC2CNc1ncnc2sc3c(c12)CCNC3. The number of thiophene rings is 1. The van der Waals surface area contributed by atoms with Crippen LogP contribution in [0, 0.1) is 0 Å². The van der Waals surface area contributed by atoms with Crippen molar-refractivity contribution in [2.75, 3.05) is 25.0 Å². The average Bonchev–Trinajstić information content (AvgIpc) is 3.05. The van der Waals surface area contributed by atoms with Crippen LogP contribution in [0.15, 0.2) is 30.6 Å². The van der Waals surface area contributed by atoms with E-state index in [1.54, 1.807) is 17.7 Å². The lowest BCUT2D eigenvalue weighted by molar-refractivity contribution is 0.0513. The molecule has 144 valence electrons. The normalized spacial score (nSPS) is 18.0. The van der Waals surface area contributed by atoms with Gasteiger partial charge in [-0.15, -0.1) is 36.2 Å². The second-order valence-corrected chi connectivity index (χ2v) is 7.61. The molecule has 0 fully saturated rings. The van der Waals surface area contributed by atoms with E-state index in [1.807, 2.05) is 0 Å². The van der Waals surface area contributed by atoms with Crippen LogP contribution >= 0.6 is 36.2 Å². The fourth-order valence-corrected chi connectivity index (χ4v) is 4.98. The molecule has 0 amide bonds. The minimum Gasteiger partial charge on any atom is -0.371 e. The van der Waals surface area contributed by atoms with Gasteiger partial charge in [-0.1, -0.05) is 24.3 Å². The molecule has 2 aliphatic heterocycles. The number of benzene rings is 1. The number of hydrogen-bond donors (Lipinski definition) is 2. The van der Waals surface area contributed by atoms with E-state index >= 15 is 0 Å². The van der Waals surface area contributed by atoms with Gasteiger partial charge in [0.2, 0.25) is 0 Å². The summed E-state index contributed by atoms with van der Waals surface area (Å²) >= 11 is 1.78. The Morgan fingerprint density at radius 1 is 1.19 bits per heavy atom. The second kappa shape index (κ2) is 8.71. The first-order chi connectivity index (χ1) is 12.4. The van der Waals surface area contributed by atoms with Crippen molar-refractivity contribution >= 4 is 52.2 Å². The molecule has 0 spiro atoms. The van der Waals surface area contributed by atoms with Crippen LogP contribution in [0.5, 0.6) is 0 Å². The summed E-state index contributed by atoms with van der Waals surface area (Å²) in [5.74, 6) is 0.941. The Morgan fingerprint density at radius 3 is 3.00 bits per heavy atom. The van der Waals surface area contributed by atoms with Crippen molar-refractivity contribution in [1.82, 2.24) is 15.3 Å². The van der Waals surface area contributed by atoms with Gasteiger partial charge in [-0.05, 0) is 36.1 Å². The van der Waals surface area contributed by atoms with Crippen molar-refractivity contribution in [3.8, 4) is 0 Å². The summed E-state index contributed by atoms with van der Waals surface area (Å²) in [6.45, 7) is 3.47. The molecule has 1 atom stereocenters. The van der Waals surface area contributed by atoms with Gasteiger partial charge in [-0.2, -0.15) is 0 Å². The zero-order valence-electron chi connectivity index (χ0n) is 14.7. The van der Waals surface area contributed by atoms with Crippen LogP contribution in [0.1, 0.15) is 27.7 Å². The second-order valence-electron chi connectivity index (χ2n) is 6.52. The highest BCUT2D eigenvalue weighted by Gasteiger charge is 2.23. The topological polar surface area (TPSA) is 59.1 Å². The molecule has 5 nitrogen and oxygen atoms in total. The predicted molar refractivity (Wildman–Crippen MR) is 115 cm³/mol. The Hall–Kier alpha value is -1.44. The van der Waals surface area contributed by atoms with Gasteiger partial charge < -0.3 is 15.4 Å². The molecule has 3 aromatic rings. The molecule has 8 heteroatoms. The summed E-state index contributed by atoms with van der Waals surface area (Å²) in [6, 6.07) is 8.57. The van der Waals surface area contributed by atoms with Crippen molar-refractivity contribution < 1.29 is 4.74 Å². The molecule has 2 N–H and O–H groups in total. The van der Waals surface area contributed by atoms with E-state index in [0.29, 0.717) is 0 Å². The fourth-order valence-electron chi connectivity index (χ4n) is 3.83. The van der Waals surface area contributed by atoms with E-state index in [-0.39, 0.29) is 30.9 Å². The number of rotatable bonds is 3. The van der Waals surface area contributed by atoms with Crippen molar-refractivity contribution in [2.24, 2.45) is 0 Å². The number of hydrogen-bond acceptors (Lipinski definition) is 6. The van der Waals surface area contributed by atoms with Crippen LogP contribution in [-0.2, 0) is 24.1 Å². The molecular weight excluding hydrogens is 403 g/mol. The monoisotopic (exact) mass is 424 g/mol. The van der Waals surface area contributed by atoms with Gasteiger partial charge >= 0.3 is 0 Å². The highest BCUT2D eigenvalue weighted by Crippen LogP contribution is 2.36. The maximum absolute atomic E-state index is 6.02. The number of nitrogens with one attached hydrogen (secondary N) is 2. The summed E-state index contributed by atoms with van der Waals surface area (Å²) in [5.41, 5.74) is 4.10. The maximum Gasteiger partial charge on any atom is 0.138 e. The van der Waals surface area contributed by atoms with E-state index in [0.717, 1.165) is 49.7 Å². The van der Waals surface area contributed by atoms with Gasteiger partial charge in [0.1, 0.15) is 17.0 Å². The summed E-state index contributed by atoms with van der Waals surface area (Å²) in [7, 11) is 0. The summed E-state index contributed by atoms with van der Waals surface area (Å²) in [4.78, 5) is 11.5. The summed E-state index contributed by atoms with van der Waals surface area (Å²) in [5, 5.41) is 8.18. The third-order valence-corrected chi connectivity index (χ3v) is 6.20. The number of halogens is 2. The number of aromatic nitrogens is 2. The van der Waals surface area contributed by atoms with Crippen molar-refractivity contribution in [1.29, 1.82) is 0 Å². The summed E-state index contributed by atoms with van der Waals surface area (Å²) in [6.07, 6.45) is 3.77. The van der Waals surface area contributed by atoms with E-state index in [4.69, 9.17) is 4.74 Å². The van der Waals surface area contributed by atoms with Crippen molar-refractivity contribution in [2.45, 2.75) is 25.5 Å². The molecule has 2 aromatic heterocycles. The lowest BCUT2D eigenvalue weighted by atomic mass is 9.97. The lowest BCUT2D eigenvalue weighted by Gasteiger charge is -2.26. The van der Waals surface area contributed by atoms with E-state index < -0.39 is 0 Å². The molecule has 5 rings (SSSR count). The Kier molecular flexibility index (Phi) is 6.55. The van der Waals surface area contributed by atoms with E-state index in [1.165, 1.54) is 27.0 Å². The van der Waals surface area contributed by atoms with Gasteiger partial charge in [0, 0.05) is 18.0 Å². The van der Waals surface area contributed by atoms with Crippen LogP contribution in [0.4, 0.5) is 5.82 Å². The number of ether oxygens (including phenoxy) is 1. The van der Waals surface area contributed by atoms with E-state index in [9.17, 15) is 0 Å². The Labute approximate surface area is 174 Å². The first kappa shape index (κ1) is 20.3. The predicted octanol–water partition coefficient (Wildman–Crippen LogP) is 3.91. The smallest absolute Gasteiger partial charge is 0.138 e. The maximum atomic E-state index is 6.02. The number of nitrogens with zero attached hydrogens (tertiary/aromatic N) is 2. The lowest BCUT2D eigenvalue weighted by Crippen LogP contribution is -2.23. The highest BCUT2D eigenvalue weighted by molar-refractivity contribution is 7.18. The minimum absolute atomic E-state index is 0. The molecular formula is C19H22Cl2N4OS. The molecule has 27 heavy (non-hydrogen) atoms. The Morgan fingerprint density at radius 2 is 2.07 bits per heavy atom. The number of anilines is 1. The van der Waals surface area contributed by atoms with Gasteiger partial charge in [-0.25, -0.2) is 9.97 Å². The Balaban J connectivity index is 0.00000105. The quantitative estimate of drug-likeness (QED) is 0.667. The zero-order chi connectivity index (χ0) is 16.6. The third kappa shape index (κ3) is 3.77. The van der Waals surface area contributed by atoms with Gasteiger partial charge in [0.15, 0.2) is 0 Å². The minimum atomic E-state index is 0. The largest absolute Gasteiger partial charge is 0.371 e. The van der Waals surface area contributed by atoms with Crippen LogP contribution in [0.25, 0.3) is 10.2 Å². The van der Waals surface area contributed by atoms with E-state index in [2.05, 4.69) is 44.9 Å². The van der Waals surface area contributed by atoms with Crippen molar-refractivity contribution in [3.63, 3.8) is 0 Å². The standard InChI is InChI=1S/C19H20N4OS.2ClH/c1-2-4-13-12(3-1)6-8-24-15(13)9-21-18-17-14-5-7-20-10-16(14)25-19(17)23-11-22-18;;/h1-4,11,15,20H,5-10H2,(H,21,22,23);2*1H. The third-order valence-electron chi connectivity index (χ3n) is 5.06. The molecule has 0 aliphatic carbocycles. The fraction of sp³-hybridized carbons (Fsp3) is 0.368. The summed E-state index contributed by atoms with van der Waals surface area (Å²) < 4.78 is 6.02. The van der Waals surface area contributed by atoms with Crippen LogP contribution in [0.2, 0.25) is 0 Å². The number of fused-ring (bicyclic) bond motifs is 4. The Bertz CT molecular complexity index is 933. The molecule has 0 radical (unpaired) electrons. The van der Waals surface area contributed by atoms with Crippen molar-refractivity contribution in [3.05, 3.63) is 52.2 Å². The first-order valence-corrected chi connectivity index (χ1v) is 9.61. The molecule has 4 heterocycles. The van der Waals surface area contributed by atoms with Gasteiger partial charge in [0.25, 0.3) is 0 Å². The first-order valence-electron chi connectivity index (χ1n) is 8.79. The van der Waals surface area contributed by atoms with Crippen LogP contribution < -0.4 is 10.6 Å². The molecule has 0 saturated heterocycles.